The summed E-state index contributed by atoms with van der Waals surface area (Å²) in [6.45, 7) is 8.44. The molecule has 2 aliphatic rings. The topological polar surface area (TPSA) is 49.6 Å². The molecule has 0 bridgehead atoms. The minimum absolute atomic E-state index is 0.158. The highest BCUT2D eigenvalue weighted by molar-refractivity contribution is 5.81. The second-order valence-electron chi connectivity index (χ2n) is 6.21. The summed E-state index contributed by atoms with van der Waals surface area (Å²) in [4.78, 5) is 16.7. The Morgan fingerprint density at radius 2 is 1.94 bits per heavy atom. The predicted molar refractivity (Wildman–Crippen MR) is 73.2 cm³/mol. The lowest BCUT2D eigenvalue weighted by Crippen LogP contribution is -2.45. The molecule has 2 heterocycles. The summed E-state index contributed by atoms with van der Waals surface area (Å²) < 4.78 is 0. The zero-order valence-corrected chi connectivity index (χ0v) is 11.8. The van der Waals surface area contributed by atoms with Gasteiger partial charge in [-0.15, -0.1) is 0 Å². The van der Waals surface area contributed by atoms with Crippen LogP contribution in [-0.4, -0.2) is 54.0 Å². The van der Waals surface area contributed by atoms with E-state index < -0.39 is 0 Å². The molecule has 0 radical (unpaired) electrons. The lowest BCUT2D eigenvalue weighted by atomic mass is 10.0. The van der Waals surface area contributed by atoms with Crippen LogP contribution in [0.15, 0.2) is 0 Å². The summed E-state index contributed by atoms with van der Waals surface area (Å²) in [5, 5.41) is 0. The molecule has 1 unspecified atom stereocenters. The summed E-state index contributed by atoms with van der Waals surface area (Å²) in [5.41, 5.74) is 5.99. The molecule has 2 aliphatic heterocycles. The molecule has 0 aromatic rings. The van der Waals surface area contributed by atoms with E-state index >= 15 is 0 Å². The van der Waals surface area contributed by atoms with Gasteiger partial charge in [-0.25, -0.2) is 0 Å². The van der Waals surface area contributed by atoms with Crippen molar-refractivity contribution in [1.29, 1.82) is 0 Å². The Bertz CT molecular complexity index is 287. The Balaban J connectivity index is 1.82. The van der Waals surface area contributed by atoms with Crippen LogP contribution in [0.25, 0.3) is 0 Å². The Kier molecular flexibility index (Phi) is 4.62. The van der Waals surface area contributed by atoms with Gasteiger partial charge in [0.05, 0.1) is 6.04 Å². The average Bonchev–Trinajstić information content (AvgIpc) is 2.97. The summed E-state index contributed by atoms with van der Waals surface area (Å²) in [6.07, 6.45) is 4.55. The van der Waals surface area contributed by atoms with Crippen molar-refractivity contribution in [3.8, 4) is 0 Å². The molecule has 2 fully saturated rings. The van der Waals surface area contributed by atoms with Gasteiger partial charge in [0, 0.05) is 19.1 Å². The van der Waals surface area contributed by atoms with Crippen LogP contribution in [0.3, 0.4) is 0 Å². The van der Waals surface area contributed by atoms with Gasteiger partial charge >= 0.3 is 0 Å². The Labute approximate surface area is 110 Å². The number of rotatable bonds is 4. The maximum absolute atomic E-state index is 12.2. The van der Waals surface area contributed by atoms with Crippen molar-refractivity contribution in [1.82, 2.24) is 9.80 Å². The molecule has 4 heteroatoms. The molecule has 104 valence electrons. The minimum Gasteiger partial charge on any atom is -0.340 e. The smallest absolute Gasteiger partial charge is 0.239 e. The van der Waals surface area contributed by atoms with E-state index in [4.69, 9.17) is 5.73 Å². The number of hydrogen-bond donors (Lipinski definition) is 1. The highest BCUT2D eigenvalue weighted by Crippen LogP contribution is 2.21. The van der Waals surface area contributed by atoms with Gasteiger partial charge in [-0.05, 0) is 44.7 Å². The maximum Gasteiger partial charge on any atom is 0.239 e. The lowest BCUT2D eigenvalue weighted by Gasteiger charge is -2.25. The van der Waals surface area contributed by atoms with Gasteiger partial charge in [0.15, 0.2) is 0 Å². The number of likely N-dealkylation sites (tertiary alicyclic amines) is 2. The van der Waals surface area contributed by atoms with Crippen LogP contribution in [0, 0.1) is 5.92 Å². The first-order valence-electron chi connectivity index (χ1n) is 7.36. The first-order valence-corrected chi connectivity index (χ1v) is 7.36. The van der Waals surface area contributed by atoms with Crippen molar-refractivity contribution < 1.29 is 4.79 Å². The summed E-state index contributed by atoms with van der Waals surface area (Å²) in [7, 11) is 0. The van der Waals surface area contributed by atoms with Gasteiger partial charge in [-0.1, -0.05) is 13.8 Å². The van der Waals surface area contributed by atoms with Crippen molar-refractivity contribution in [2.45, 2.75) is 51.6 Å². The summed E-state index contributed by atoms with van der Waals surface area (Å²) in [5.74, 6) is 0.645. The van der Waals surface area contributed by atoms with Gasteiger partial charge < -0.3 is 10.6 Å². The minimum atomic E-state index is -0.303. The van der Waals surface area contributed by atoms with Crippen molar-refractivity contribution in [2.24, 2.45) is 11.7 Å². The monoisotopic (exact) mass is 253 g/mol. The summed E-state index contributed by atoms with van der Waals surface area (Å²) in [6, 6.07) is 0.282. The fourth-order valence-corrected chi connectivity index (χ4v) is 3.19. The van der Waals surface area contributed by atoms with Crippen LogP contribution in [-0.2, 0) is 4.79 Å². The van der Waals surface area contributed by atoms with Gasteiger partial charge in [0.1, 0.15) is 0 Å². The van der Waals surface area contributed by atoms with Crippen LogP contribution < -0.4 is 5.73 Å². The van der Waals surface area contributed by atoms with Crippen molar-refractivity contribution in [3.05, 3.63) is 0 Å². The molecular weight excluding hydrogens is 226 g/mol. The molecule has 0 aromatic heterocycles. The van der Waals surface area contributed by atoms with E-state index in [9.17, 15) is 4.79 Å². The largest absolute Gasteiger partial charge is 0.340 e. The van der Waals surface area contributed by atoms with Crippen molar-refractivity contribution in [2.75, 3.05) is 26.2 Å². The van der Waals surface area contributed by atoms with E-state index in [1.165, 1.54) is 25.9 Å². The number of nitrogens with zero attached hydrogens (tertiary/aromatic N) is 2. The number of hydrogen-bond acceptors (Lipinski definition) is 3. The van der Waals surface area contributed by atoms with E-state index in [0.29, 0.717) is 12.0 Å². The molecule has 1 amide bonds. The molecule has 0 aromatic carbocycles. The molecule has 2 saturated heterocycles. The second-order valence-corrected chi connectivity index (χ2v) is 6.21. The van der Waals surface area contributed by atoms with E-state index in [-0.39, 0.29) is 11.9 Å². The number of carbonyl (C=O) groups is 1. The number of carbonyl (C=O) groups excluding carboxylic acids is 1. The first kappa shape index (κ1) is 13.8. The lowest BCUT2D eigenvalue weighted by molar-refractivity contribution is -0.132. The number of nitrogens with two attached hydrogens (primary N) is 1. The van der Waals surface area contributed by atoms with Gasteiger partial charge in [0.25, 0.3) is 0 Å². The maximum atomic E-state index is 12.2. The standard InChI is InChI=1S/C14H27N3O/c1-11(2)9-13(15)14(18)17-8-5-12(10-17)16-6-3-4-7-16/h11-13H,3-10,15H2,1-2H3/t12?,13-/m1/s1. The quantitative estimate of drug-likeness (QED) is 0.815. The highest BCUT2D eigenvalue weighted by atomic mass is 16.2. The third kappa shape index (κ3) is 3.23. The molecule has 4 nitrogen and oxygen atoms in total. The Morgan fingerprint density at radius 1 is 1.28 bits per heavy atom. The van der Waals surface area contributed by atoms with Crippen molar-refractivity contribution >= 4 is 5.91 Å². The van der Waals surface area contributed by atoms with Crippen LogP contribution in [0.4, 0.5) is 0 Å². The van der Waals surface area contributed by atoms with Gasteiger partial charge in [0.2, 0.25) is 5.91 Å². The first-order chi connectivity index (χ1) is 8.58. The number of amides is 1. The van der Waals surface area contributed by atoms with E-state index in [2.05, 4.69) is 18.7 Å². The van der Waals surface area contributed by atoms with E-state index in [1.807, 2.05) is 4.90 Å². The Hall–Kier alpha value is -0.610. The molecule has 2 N–H and O–H groups in total. The Morgan fingerprint density at radius 3 is 2.56 bits per heavy atom. The summed E-state index contributed by atoms with van der Waals surface area (Å²) >= 11 is 0. The zero-order valence-electron chi connectivity index (χ0n) is 11.8. The molecule has 2 rings (SSSR count). The molecule has 0 spiro atoms. The molecule has 18 heavy (non-hydrogen) atoms. The SMILES string of the molecule is CC(C)C[C@@H](N)C(=O)N1CCC(N2CCCC2)C1. The highest BCUT2D eigenvalue weighted by Gasteiger charge is 2.33. The zero-order chi connectivity index (χ0) is 13.1. The average molecular weight is 253 g/mol. The van der Waals surface area contributed by atoms with Crippen LogP contribution in [0.2, 0.25) is 0 Å². The predicted octanol–water partition coefficient (Wildman–Crippen LogP) is 1.06. The molecule has 0 saturated carbocycles. The van der Waals surface area contributed by atoms with Crippen LogP contribution in [0.5, 0.6) is 0 Å². The third-order valence-electron chi connectivity index (χ3n) is 4.17. The second kappa shape index (κ2) is 6.02. The fourth-order valence-electron chi connectivity index (χ4n) is 3.19. The van der Waals surface area contributed by atoms with Gasteiger partial charge in [-0.3, -0.25) is 9.69 Å². The van der Waals surface area contributed by atoms with E-state index in [0.717, 1.165) is 25.9 Å². The van der Waals surface area contributed by atoms with Crippen molar-refractivity contribution in [3.63, 3.8) is 0 Å². The third-order valence-corrected chi connectivity index (χ3v) is 4.17. The fraction of sp³-hybridized carbons (Fsp3) is 0.929. The molecule has 2 atom stereocenters. The normalized spacial score (nSPS) is 27.1. The molecule has 0 aliphatic carbocycles. The van der Waals surface area contributed by atoms with Crippen LogP contribution in [0.1, 0.15) is 39.5 Å². The molecular formula is C14H27N3O. The van der Waals surface area contributed by atoms with Crippen LogP contribution >= 0.6 is 0 Å². The van der Waals surface area contributed by atoms with Gasteiger partial charge in [-0.2, -0.15) is 0 Å². The van der Waals surface area contributed by atoms with E-state index in [1.54, 1.807) is 0 Å².